The van der Waals surface area contributed by atoms with Gasteiger partial charge in [-0.3, -0.25) is 4.79 Å². The molecule has 0 aromatic heterocycles. The van der Waals surface area contributed by atoms with E-state index in [9.17, 15) is 4.79 Å². The minimum atomic E-state index is -0.414. The second-order valence-corrected chi connectivity index (χ2v) is 5.85. The normalized spacial score (nSPS) is 24.9. The summed E-state index contributed by atoms with van der Waals surface area (Å²) in [4.78, 5) is 11.5. The second kappa shape index (κ2) is 7.10. The van der Waals surface area contributed by atoms with Crippen molar-refractivity contribution in [1.82, 2.24) is 0 Å². The average Bonchev–Trinajstić information content (AvgIpc) is 2.27. The summed E-state index contributed by atoms with van der Waals surface area (Å²) < 4.78 is 16.3. The summed E-state index contributed by atoms with van der Waals surface area (Å²) in [6.45, 7) is 6.05. The fourth-order valence-corrected chi connectivity index (χ4v) is 2.17. The van der Waals surface area contributed by atoms with Crippen LogP contribution in [0, 0.1) is 0 Å². The Bertz CT molecular complexity index is 257. The third-order valence-electron chi connectivity index (χ3n) is 2.99. The average molecular weight is 258 g/mol. The third kappa shape index (κ3) is 6.36. The number of ether oxygens (including phenoxy) is 3. The summed E-state index contributed by atoms with van der Waals surface area (Å²) in [6, 6.07) is 0. The molecule has 0 aromatic carbocycles. The van der Waals surface area contributed by atoms with E-state index in [0.29, 0.717) is 19.1 Å². The third-order valence-corrected chi connectivity index (χ3v) is 2.99. The molecule has 1 aliphatic carbocycles. The van der Waals surface area contributed by atoms with Gasteiger partial charge in [-0.1, -0.05) is 0 Å². The minimum absolute atomic E-state index is 0.193. The first kappa shape index (κ1) is 15.4. The maximum absolute atomic E-state index is 11.5. The molecule has 4 nitrogen and oxygen atoms in total. The number of hydrogen-bond donors (Lipinski definition) is 0. The lowest BCUT2D eigenvalue weighted by atomic mass is 9.95. The van der Waals surface area contributed by atoms with Crippen LogP contribution in [-0.4, -0.2) is 37.5 Å². The number of carbonyl (C=O) groups excluding carboxylic acids is 1. The molecule has 2 unspecified atom stereocenters. The highest BCUT2D eigenvalue weighted by atomic mass is 16.6. The van der Waals surface area contributed by atoms with Crippen molar-refractivity contribution in [2.75, 3.05) is 13.7 Å². The molecule has 0 aromatic rings. The zero-order valence-electron chi connectivity index (χ0n) is 12.0. The van der Waals surface area contributed by atoms with Gasteiger partial charge in [0.1, 0.15) is 5.60 Å². The first-order valence-electron chi connectivity index (χ1n) is 6.77. The van der Waals surface area contributed by atoms with Gasteiger partial charge in [0.25, 0.3) is 0 Å². The van der Waals surface area contributed by atoms with Crippen molar-refractivity contribution in [3.05, 3.63) is 0 Å². The topological polar surface area (TPSA) is 44.8 Å². The summed E-state index contributed by atoms with van der Waals surface area (Å²) in [7, 11) is 1.74. The van der Waals surface area contributed by atoms with Gasteiger partial charge in [0.2, 0.25) is 0 Å². The summed E-state index contributed by atoms with van der Waals surface area (Å²) >= 11 is 0. The number of methoxy groups -OCH3 is 1. The molecule has 0 amide bonds. The predicted molar refractivity (Wildman–Crippen MR) is 69.5 cm³/mol. The van der Waals surface area contributed by atoms with Crippen LogP contribution >= 0.6 is 0 Å². The molecular weight excluding hydrogens is 232 g/mol. The quantitative estimate of drug-likeness (QED) is 0.711. The maximum atomic E-state index is 11.5. The Morgan fingerprint density at radius 1 is 1.22 bits per heavy atom. The molecule has 0 spiro atoms. The van der Waals surface area contributed by atoms with Crippen LogP contribution in [0.15, 0.2) is 0 Å². The molecule has 1 aliphatic rings. The van der Waals surface area contributed by atoms with E-state index < -0.39 is 5.60 Å². The Morgan fingerprint density at radius 3 is 2.50 bits per heavy atom. The fraction of sp³-hybridized carbons (Fsp3) is 0.929. The SMILES string of the molecule is COC1CCCC(OCCC(=O)OC(C)(C)C)C1. The minimum Gasteiger partial charge on any atom is -0.460 e. The van der Waals surface area contributed by atoms with Gasteiger partial charge >= 0.3 is 5.97 Å². The van der Waals surface area contributed by atoms with Crippen LogP contribution in [0.2, 0.25) is 0 Å². The van der Waals surface area contributed by atoms with E-state index in [2.05, 4.69) is 0 Å². The lowest BCUT2D eigenvalue weighted by Crippen LogP contribution is -2.29. The first-order chi connectivity index (χ1) is 8.40. The molecule has 106 valence electrons. The summed E-state index contributed by atoms with van der Waals surface area (Å²) in [5, 5.41) is 0. The van der Waals surface area contributed by atoms with Gasteiger partial charge in [0.05, 0.1) is 25.2 Å². The lowest BCUT2D eigenvalue weighted by molar-refractivity contribution is -0.156. The largest absolute Gasteiger partial charge is 0.460 e. The monoisotopic (exact) mass is 258 g/mol. The van der Waals surface area contributed by atoms with Crippen molar-refractivity contribution < 1.29 is 19.0 Å². The van der Waals surface area contributed by atoms with Gasteiger partial charge in [-0.2, -0.15) is 0 Å². The highest BCUT2D eigenvalue weighted by Gasteiger charge is 2.22. The van der Waals surface area contributed by atoms with Crippen LogP contribution in [0.5, 0.6) is 0 Å². The van der Waals surface area contributed by atoms with Crippen LogP contribution < -0.4 is 0 Å². The Kier molecular flexibility index (Phi) is 6.09. The van der Waals surface area contributed by atoms with E-state index >= 15 is 0 Å². The van der Waals surface area contributed by atoms with Crippen molar-refractivity contribution >= 4 is 5.97 Å². The van der Waals surface area contributed by atoms with Gasteiger partial charge in [-0.25, -0.2) is 0 Å². The van der Waals surface area contributed by atoms with Crippen LogP contribution in [-0.2, 0) is 19.0 Å². The van der Waals surface area contributed by atoms with Gasteiger partial charge < -0.3 is 14.2 Å². The zero-order chi connectivity index (χ0) is 13.6. The Labute approximate surface area is 110 Å². The van der Waals surface area contributed by atoms with E-state index in [1.807, 2.05) is 20.8 Å². The van der Waals surface area contributed by atoms with Crippen LogP contribution in [0.1, 0.15) is 52.9 Å². The standard InChI is InChI=1S/C14H26O4/c1-14(2,3)18-13(15)8-9-17-12-7-5-6-11(10-12)16-4/h11-12H,5-10H2,1-4H3. The van der Waals surface area contributed by atoms with Crippen LogP contribution in [0.3, 0.4) is 0 Å². The molecule has 0 heterocycles. The molecule has 18 heavy (non-hydrogen) atoms. The Balaban J connectivity index is 2.15. The maximum Gasteiger partial charge on any atom is 0.308 e. The van der Waals surface area contributed by atoms with Crippen LogP contribution in [0.4, 0.5) is 0 Å². The predicted octanol–water partition coefficient (Wildman–Crippen LogP) is 2.69. The van der Waals surface area contributed by atoms with E-state index in [1.165, 1.54) is 0 Å². The van der Waals surface area contributed by atoms with Gasteiger partial charge in [-0.15, -0.1) is 0 Å². The lowest BCUT2D eigenvalue weighted by Gasteiger charge is -2.28. The molecule has 2 atom stereocenters. The molecule has 0 radical (unpaired) electrons. The Morgan fingerprint density at radius 2 is 1.89 bits per heavy atom. The molecule has 0 N–H and O–H groups in total. The smallest absolute Gasteiger partial charge is 0.308 e. The number of rotatable bonds is 5. The number of hydrogen-bond acceptors (Lipinski definition) is 4. The van der Waals surface area contributed by atoms with Crippen molar-refractivity contribution in [3.63, 3.8) is 0 Å². The van der Waals surface area contributed by atoms with Gasteiger partial charge in [-0.05, 0) is 46.5 Å². The van der Waals surface area contributed by atoms with Gasteiger partial charge in [0.15, 0.2) is 0 Å². The highest BCUT2D eigenvalue weighted by molar-refractivity contribution is 5.69. The summed E-state index contributed by atoms with van der Waals surface area (Å²) in [5.41, 5.74) is -0.414. The molecule has 0 bridgehead atoms. The fourth-order valence-electron chi connectivity index (χ4n) is 2.17. The van der Waals surface area contributed by atoms with E-state index in [-0.39, 0.29) is 12.1 Å². The summed E-state index contributed by atoms with van der Waals surface area (Å²) in [5.74, 6) is -0.193. The molecule has 1 fully saturated rings. The molecule has 0 aliphatic heterocycles. The molecular formula is C14H26O4. The Hall–Kier alpha value is -0.610. The zero-order valence-corrected chi connectivity index (χ0v) is 12.0. The number of esters is 1. The van der Waals surface area contributed by atoms with Crippen molar-refractivity contribution in [2.45, 2.75) is 70.7 Å². The second-order valence-electron chi connectivity index (χ2n) is 5.85. The van der Waals surface area contributed by atoms with Crippen LogP contribution in [0.25, 0.3) is 0 Å². The van der Waals surface area contributed by atoms with Crippen molar-refractivity contribution in [2.24, 2.45) is 0 Å². The van der Waals surface area contributed by atoms with Gasteiger partial charge in [0, 0.05) is 7.11 Å². The first-order valence-corrected chi connectivity index (χ1v) is 6.77. The van der Waals surface area contributed by atoms with E-state index in [0.717, 1.165) is 25.7 Å². The summed E-state index contributed by atoms with van der Waals surface area (Å²) in [6.07, 6.45) is 5.11. The molecule has 1 saturated carbocycles. The van der Waals surface area contributed by atoms with Crippen molar-refractivity contribution in [1.29, 1.82) is 0 Å². The molecule has 1 rings (SSSR count). The number of carbonyl (C=O) groups is 1. The molecule has 4 heteroatoms. The highest BCUT2D eigenvalue weighted by Crippen LogP contribution is 2.23. The van der Waals surface area contributed by atoms with Crippen molar-refractivity contribution in [3.8, 4) is 0 Å². The molecule has 0 saturated heterocycles. The van der Waals surface area contributed by atoms with E-state index in [4.69, 9.17) is 14.2 Å². The van der Waals surface area contributed by atoms with E-state index in [1.54, 1.807) is 7.11 Å².